The van der Waals surface area contributed by atoms with Gasteiger partial charge in [0.2, 0.25) is 0 Å². The van der Waals surface area contributed by atoms with Crippen LogP contribution >= 0.6 is 0 Å². The van der Waals surface area contributed by atoms with E-state index in [0.717, 1.165) is 25.1 Å². The van der Waals surface area contributed by atoms with Gasteiger partial charge in [-0.15, -0.1) is 0 Å². The molecule has 90 valence electrons. The molecular formula is C13H20FNO. The number of aliphatic hydroxyl groups excluding tert-OH is 1. The summed E-state index contributed by atoms with van der Waals surface area (Å²) < 4.78 is 13.1. The van der Waals surface area contributed by atoms with Gasteiger partial charge in [-0.2, -0.15) is 0 Å². The number of hydrogen-bond donors (Lipinski definition) is 1. The first-order valence-corrected chi connectivity index (χ1v) is 5.75. The zero-order valence-corrected chi connectivity index (χ0v) is 10.2. The molecule has 0 aliphatic rings. The molecule has 0 aromatic heterocycles. The van der Waals surface area contributed by atoms with Gasteiger partial charge in [0.05, 0.1) is 6.10 Å². The van der Waals surface area contributed by atoms with Crippen molar-refractivity contribution >= 4 is 5.69 Å². The molecule has 1 aromatic carbocycles. The number of rotatable bonds is 5. The van der Waals surface area contributed by atoms with Crippen LogP contribution in [-0.4, -0.2) is 18.7 Å². The molecule has 0 fully saturated rings. The molecule has 1 aromatic rings. The van der Waals surface area contributed by atoms with Crippen LogP contribution in [0.2, 0.25) is 0 Å². The first-order valence-electron chi connectivity index (χ1n) is 5.75. The van der Waals surface area contributed by atoms with Gasteiger partial charge in [-0.1, -0.05) is 13.3 Å². The molecule has 0 heterocycles. The van der Waals surface area contributed by atoms with Crippen LogP contribution in [0.3, 0.4) is 0 Å². The highest BCUT2D eigenvalue weighted by molar-refractivity contribution is 5.54. The highest BCUT2D eigenvalue weighted by atomic mass is 19.1. The molecule has 0 saturated heterocycles. The molecular weight excluding hydrogens is 205 g/mol. The fraction of sp³-hybridized carbons (Fsp3) is 0.538. The van der Waals surface area contributed by atoms with Crippen molar-refractivity contribution in [1.82, 2.24) is 0 Å². The smallest absolute Gasteiger partial charge is 0.123 e. The van der Waals surface area contributed by atoms with Crippen LogP contribution < -0.4 is 4.90 Å². The summed E-state index contributed by atoms with van der Waals surface area (Å²) in [5, 5.41) is 9.61. The van der Waals surface area contributed by atoms with Gasteiger partial charge >= 0.3 is 0 Å². The van der Waals surface area contributed by atoms with E-state index >= 15 is 0 Å². The number of hydrogen-bond acceptors (Lipinski definition) is 2. The Bertz CT molecular complexity index is 339. The fourth-order valence-electron chi connectivity index (χ4n) is 1.72. The van der Waals surface area contributed by atoms with Gasteiger partial charge in [-0.25, -0.2) is 4.39 Å². The van der Waals surface area contributed by atoms with Crippen LogP contribution in [0, 0.1) is 5.82 Å². The van der Waals surface area contributed by atoms with E-state index in [2.05, 4.69) is 11.8 Å². The molecule has 1 atom stereocenters. The second-order valence-corrected chi connectivity index (χ2v) is 4.15. The lowest BCUT2D eigenvalue weighted by atomic mass is 10.1. The minimum Gasteiger partial charge on any atom is -0.389 e. The average Bonchev–Trinajstić information content (AvgIpc) is 2.25. The van der Waals surface area contributed by atoms with Crippen molar-refractivity contribution < 1.29 is 9.50 Å². The molecule has 0 unspecified atom stereocenters. The first-order chi connectivity index (χ1) is 7.56. The lowest BCUT2D eigenvalue weighted by molar-refractivity contribution is 0.199. The molecule has 0 aliphatic carbocycles. The third-order valence-electron chi connectivity index (χ3n) is 2.70. The summed E-state index contributed by atoms with van der Waals surface area (Å²) in [6.45, 7) is 4.71. The molecule has 2 nitrogen and oxygen atoms in total. The van der Waals surface area contributed by atoms with Crippen molar-refractivity contribution in [3.05, 3.63) is 29.6 Å². The SMILES string of the molecule is CCCCN(C)c1ccc(F)cc1[C@H](C)O. The first kappa shape index (κ1) is 13.0. The van der Waals surface area contributed by atoms with E-state index in [1.54, 1.807) is 13.0 Å². The van der Waals surface area contributed by atoms with E-state index in [1.807, 2.05) is 7.05 Å². The van der Waals surface area contributed by atoms with E-state index < -0.39 is 6.10 Å². The lowest BCUT2D eigenvalue weighted by Crippen LogP contribution is -2.20. The molecule has 0 spiro atoms. The second-order valence-electron chi connectivity index (χ2n) is 4.15. The highest BCUT2D eigenvalue weighted by Gasteiger charge is 2.12. The van der Waals surface area contributed by atoms with Gasteiger partial charge < -0.3 is 10.0 Å². The standard InChI is InChI=1S/C13H20FNO/c1-4-5-8-15(3)13-7-6-11(14)9-12(13)10(2)16/h6-7,9-10,16H,4-5,8H2,1-3H3/t10-/m0/s1. The Labute approximate surface area is 96.7 Å². The Kier molecular flexibility index (Phi) is 4.74. The predicted octanol–water partition coefficient (Wildman–Crippen LogP) is 3.12. The van der Waals surface area contributed by atoms with Crippen molar-refractivity contribution in [1.29, 1.82) is 0 Å². The van der Waals surface area contributed by atoms with Gasteiger partial charge in [-0.05, 0) is 31.5 Å². The Morgan fingerprint density at radius 2 is 2.12 bits per heavy atom. The lowest BCUT2D eigenvalue weighted by Gasteiger charge is -2.23. The minimum atomic E-state index is -0.644. The summed E-state index contributed by atoms with van der Waals surface area (Å²) in [6.07, 6.45) is 1.57. The number of unbranched alkanes of at least 4 members (excludes halogenated alkanes) is 1. The number of benzene rings is 1. The van der Waals surface area contributed by atoms with Crippen LogP contribution in [-0.2, 0) is 0 Å². The van der Waals surface area contributed by atoms with Crippen molar-refractivity contribution in [2.24, 2.45) is 0 Å². The van der Waals surface area contributed by atoms with Gasteiger partial charge in [0.1, 0.15) is 5.82 Å². The van der Waals surface area contributed by atoms with Crippen molar-refractivity contribution in [3.8, 4) is 0 Å². The maximum Gasteiger partial charge on any atom is 0.123 e. The van der Waals surface area contributed by atoms with Crippen LogP contribution in [0.5, 0.6) is 0 Å². The zero-order chi connectivity index (χ0) is 12.1. The fourth-order valence-corrected chi connectivity index (χ4v) is 1.72. The normalized spacial score (nSPS) is 12.6. The average molecular weight is 225 g/mol. The largest absolute Gasteiger partial charge is 0.389 e. The highest BCUT2D eigenvalue weighted by Crippen LogP contribution is 2.26. The van der Waals surface area contributed by atoms with E-state index in [-0.39, 0.29) is 5.82 Å². The molecule has 1 N–H and O–H groups in total. The third kappa shape index (κ3) is 3.20. The molecule has 16 heavy (non-hydrogen) atoms. The van der Waals surface area contributed by atoms with E-state index in [1.165, 1.54) is 12.1 Å². The number of halogens is 1. The van der Waals surface area contributed by atoms with Gasteiger partial charge in [-0.3, -0.25) is 0 Å². The third-order valence-corrected chi connectivity index (χ3v) is 2.70. The topological polar surface area (TPSA) is 23.5 Å². The number of anilines is 1. The molecule has 0 radical (unpaired) electrons. The molecule has 1 rings (SSSR count). The predicted molar refractivity (Wildman–Crippen MR) is 65.2 cm³/mol. The van der Waals surface area contributed by atoms with Gasteiger partial charge in [0.15, 0.2) is 0 Å². The number of aliphatic hydroxyl groups is 1. The van der Waals surface area contributed by atoms with E-state index in [9.17, 15) is 9.50 Å². The van der Waals surface area contributed by atoms with Crippen LogP contribution in [0.1, 0.15) is 38.4 Å². The monoisotopic (exact) mass is 225 g/mol. The molecule has 3 heteroatoms. The quantitative estimate of drug-likeness (QED) is 0.832. The van der Waals surface area contributed by atoms with E-state index in [4.69, 9.17) is 0 Å². The van der Waals surface area contributed by atoms with Crippen LogP contribution in [0.4, 0.5) is 10.1 Å². The Morgan fingerprint density at radius 3 is 2.69 bits per heavy atom. The Hall–Kier alpha value is -1.09. The van der Waals surface area contributed by atoms with Crippen molar-refractivity contribution in [2.45, 2.75) is 32.8 Å². The van der Waals surface area contributed by atoms with Crippen LogP contribution in [0.15, 0.2) is 18.2 Å². The maximum atomic E-state index is 13.1. The summed E-state index contributed by atoms with van der Waals surface area (Å²) >= 11 is 0. The zero-order valence-electron chi connectivity index (χ0n) is 10.2. The molecule has 0 amide bonds. The maximum absolute atomic E-state index is 13.1. The summed E-state index contributed by atoms with van der Waals surface area (Å²) in [5.41, 5.74) is 1.56. The Balaban J connectivity index is 2.93. The minimum absolute atomic E-state index is 0.302. The van der Waals surface area contributed by atoms with E-state index in [0.29, 0.717) is 5.56 Å². The summed E-state index contributed by atoms with van der Waals surface area (Å²) in [5.74, 6) is -0.302. The van der Waals surface area contributed by atoms with Crippen molar-refractivity contribution in [2.75, 3.05) is 18.5 Å². The summed E-state index contributed by atoms with van der Waals surface area (Å²) in [6, 6.07) is 4.57. The second kappa shape index (κ2) is 5.85. The van der Waals surface area contributed by atoms with Gasteiger partial charge in [0.25, 0.3) is 0 Å². The number of nitrogens with zero attached hydrogens (tertiary/aromatic N) is 1. The summed E-state index contributed by atoms with van der Waals surface area (Å²) in [7, 11) is 1.97. The molecule has 0 saturated carbocycles. The van der Waals surface area contributed by atoms with Crippen molar-refractivity contribution in [3.63, 3.8) is 0 Å². The molecule has 0 aliphatic heterocycles. The Morgan fingerprint density at radius 1 is 1.44 bits per heavy atom. The molecule has 0 bridgehead atoms. The summed E-state index contributed by atoms with van der Waals surface area (Å²) in [4.78, 5) is 2.06. The van der Waals surface area contributed by atoms with Gasteiger partial charge in [0, 0.05) is 24.8 Å². The van der Waals surface area contributed by atoms with Crippen LogP contribution in [0.25, 0.3) is 0 Å².